The van der Waals surface area contributed by atoms with Gasteiger partial charge in [-0.1, -0.05) is 44.2 Å². The summed E-state index contributed by atoms with van der Waals surface area (Å²) in [6.45, 7) is 6.30. The third-order valence-electron chi connectivity index (χ3n) is 3.98. The largest absolute Gasteiger partial charge is 0.462 e. The van der Waals surface area contributed by atoms with Crippen molar-refractivity contribution >= 4 is 22.8 Å². The zero-order valence-electron chi connectivity index (χ0n) is 16.2. The normalized spacial score (nSPS) is 10.1. The quantitative estimate of drug-likeness (QED) is 0.611. The molecule has 2 aromatic carbocycles. The summed E-state index contributed by atoms with van der Waals surface area (Å²) < 4.78 is 12.2. The lowest BCUT2D eigenvalue weighted by Gasteiger charge is -2.06. The van der Waals surface area contributed by atoms with Gasteiger partial charge in [0.05, 0.1) is 12.2 Å². The summed E-state index contributed by atoms with van der Waals surface area (Å²) in [7, 11) is 1.80. The van der Waals surface area contributed by atoms with E-state index in [0.29, 0.717) is 17.9 Å². The number of fused-ring (bicyclic) bond motifs is 1. The van der Waals surface area contributed by atoms with E-state index in [0.717, 1.165) is 16.5 Å². The molecule has 0 bridgehead atoms. The fraction of sp³-hybridized carbons (Fsp3) is 0.273. The van der Waals surface area contributed by atoms with Gasteiger partial charge >= 0.3 is 11.9 Å². The molecule has 0 aliphatic rings. The Hall–Kier alpha value is -3.08. The third kappa shape index (κ3) is 4.76. The first-order valence-electron chi connectivity index (χ1n) is 9.08. The van der Waals surface area contributed by atoms with Gasteiger partial charge < -0.3 is 14.0 Å². The standard InChI is InChI=1S/C20H19NO4.C2H6/c1-3-24-19(22)15-9-10-17-16(11-15)12-18(21(17)2)20(23)25-13-14-7-5-4-6-8-14;1-2/h4-12H,3,13H2,1-2H3;1-2H3. The third-order valence-corrected chi connectivity index (χ3v) is 3.98. The van der Waals surface area contributed by atoms with Crippen LogP contribution in [0.3, 0.4) is 0 Å². The Morgan fingerprint density at radius 3 is 2.30 bits per heavy atom. The average molecular weight is 367 g/mol. The number of aryl methyl sites for hydroxylation is 1. The number of esters is 2. The Kier molecular flexibility index (Phi) is 7.17. The average Bonchev–Trinajstić information content (AvgIpc) is 3.05. The molecular formula is C22H25NO4. The highest BCUT2D eigenvalue weighted by Crippen LogP contribution is 2.22. The Morgan fingerprint density at radius 1 is 0.926 bits per heavy atom. The van der Waals surface area contributed by atoms with Crippen LogP contribution >= 0.6 is 0 Å². The Balaban J connectivity index is 0.00000126. The number of aromatic nitrogens is 1. The molecule has 0 radical (unpaired) electrons. The number of benzene rings is 2. The molecule has 3 rings (SSSR count). The minimum Gasteiger partial charge on any atom is -0.462 e. The highest BCUT2D eigenvalue weighted by atomic mass is 16.5. The maximum Gasteiger partial charge on any atom is 0.355 e. The van der Waals surface area contributed by atoms with E-state index >= 15 is 0 Å². The molecule has 0 fully saturated rings. The van der Waals surface area contributed by atoms with Crippen LogP contribution in [0.2, 0.25) is 0 Å². The minimum absolute atomic E-state index is 0.218. The molecule has 3 aromatic rings. The van der Waals surface area contributed by atoms with Gasteiger partial charge in [-0.15, -0.1) is 0 Å². The van der Waals surface area contributed by atoms with Gasteiger partial charge in [0, 0.05) is 18.0 Å². The molecular weight excluding hydrogens is 342 g/mol. The fourth-order valence-corrected chi connectivity index (χ4v) is 2.68. The van der Waals surface area contributed by atoms with Crippen molar-refractivity contribution in [2.75, 3.05) is 6.61 Å². The Bertz CT molecular complexity index is 913. The summed E-state index contributed by atoms with van der Waals surface area (Å²) in [5.41, 5.74) is 2.68. The number of rotatable bonds is 5. The van der Waals surface area contributed by atoms with Gasteiger partial charge in [-0.2, -0.15) is 0 Å². The lowest BCUT2D eigenvalue weighted by atomic mass is 10.1. The molecule has 0 unspecified atom stereocenters. The molecule has 0 aliphatic carbocycles. The van der Waals surface area contributed by atoms with Crippen molar-refractivity contribution in [1.29, 1.82) is 0 Å². The van der Waals surface area contributed by atoms with E-state index in [4.69, 9.17) is 9.47 Å². The van der Waals surface area contributed by atoms with Crippen molar-refractivity contribution in [3.8, 4) is 0 Å². The summed E-state index contributed by atoms with van der Waals surface area (Å²) in [4.78, 5) is 24.2. The number of nitrogens with zero attached hydrogens (tertiary/aromatic N) is 1. The van der Waals surface area contributed by atoms with Crippen LogP contribution in [0, 0.1) is 0 Å². The molecule has 142 valence electrons. The van der Waals surface area contributed by atoms with Gasteiger partial charge in [0.1, 0.15) is 12.3 Å². The summed E-state index contributed by atoms with van der Waals surface area (Å²) in [5, 5.41) is 0.791. The topological polar surface area (TPSA) is 57.5 Å². The number of carbonyl (C=O) groups is 2. The van der Waals surface area contributed by atoms with E-state index < -0.39 is 5.97 Å². The summed E-state index contributed by atoms with van der Waals surface area (Å²) in [6, 6.07) is 16.5. The molecule has 5 nitrogen and oxygen atoms in total. The Morgan fingerprint density at radius 2 is 1.63 bits per heavy atom. The lowest BCUT2D eigenvalue weighted by Crippen LogP contribution is -2.09. The highest BCUT2D eigenvalue weighted by molar-refractivity contribution is 5.99. The SMILES string of the molecule is CC.CCOC(=O)c1ccc2c(c1)cc(C(=O)OCc1ccccc1)n2C. The van der Waals surface area contributed by atoms with Gasteiger partial charge in [0.25, 0.3) is 0 Å². The summed E-state index contributed by atoms with van der Waals surface area (Å²) in [5.74, 6) is -0.776. The first kappa shape index (κ1) is 20.2. The molecule has 0 atom stereocenters. The van der Waals surface area contributed by atoms with E-state index in [9.17, 15) is 9.59 Å². The molecule has 0 aliphatic heterocycles. The fourth-order valence-electron chi connectivity index (χ4n) is 2.68. The van der Waals surface area contributed by atoms with Crippen molar-refractivity contribution in [2.45, 2.75) is 27.4 Å². The van der Waals surface area contributed by atoms with Crippen LogP contribution in [0.1, 0.15) is 47.2 Å². The van der Waals surface area contributed by atoms with Crippen molar-refractivity contribution in [3.05, 3.63) is 71.4 Å². The van der Waals surface area contributed by atoms with Crippen LogP contribution in [0.5, 0.6) is 0 Å². The predicted molar refractivity (Wildman–Crippen MR) is 106 cm³/mol. The van der Waals surface area contributed by atoms with Crippen LogP contribution < -0.4 is 0 Å². The van der Waals surface area contributed by atoms with Gasteiger partial charge in [0.15, 0.2) is 0 Å². The molecule has 5 heteroatoms. The first-order chi connectivity index (χ1) is 13.1. The zero-order chi connectivity index (χ0) is 19.8. The molecule has 27 heavy (non-hydrogen) atoms. The first-order valence-corrected chi connectivity index (χ1v) is 9.08. The van der Waals surface area contributed by atoms with Gasteiger partial charge in [0.2, 0.25) is 0 Å². The molecule has 0 amide bonds. The van der Waals surface area contributed by atoms with Crippen LogP contribution in [0.25, 0.3) is 10.9 Å². The lowest BCUT2D eigenvalue weighted by molar-refractivity contribution is 0.0461. The van der Waals surface area contributed by atoms with Gasteiger partial charge in [-0.3, -0.25) is 0 Å². The van der Waals surface area contributed by atoms with E-state index in [-0.39, 0.29) is 12.6 Å². The second-order valence-corrected chi connectivity index (χ2v) is 5.64. The van der Waals surface area contributed by atoms with E-state index in [2.05, 4.69) is 0 Å². The van der Waals surface area contributed by atoms with Crippen molar-refractivity contribution in [1.82, 2.24) is 4.57 Å². The van der Waals surface area contributed by atoms with E-state index in [1.165, 1.54) is 0 Å². The maximum atomic E-state index is 12.4. The number of hydrogen-bond acceptors (Lipinski definition) is 4. The van der Waals surface area contributed by atoms with Crippen LogP contribution in [0.15, 0.2) is 54.6 Å². The summed E-state index contributed by atoms with van der Waals surface area (Å²) in [6.07, 6.45) is 0. The predicted octanol–water partition coefficient (Wildman–Crippen LogP) is 4.74. The highest BCUT2D eigenvalue weighted by Gasteiger charge is 2.16. The molecule has 0 N–H and O–H groups in total. The van der Waals surface area contributed by atoms with E-state index in [1.807, 2.05) is 44.2 Å². The molecule has 1 aromatic heterocycles. The van der Waals surface area contributed by atoms with Crippen molar-refractivity contribution < 1.29 is 19.1 Å². The molecule has 0 saturated heterocycles. The van der Waals surface area contributed by atoms with Crippen LogP contribution in [0.4, 0.5) is 0 Å². The zero-order valence-corrected chi connectivity index (χ0v) is 16.2. The molecule has 0 saturated carbocycles. The van der Waals surface area contributed by atoms with Gasteiger partial charge in [-0.25, -0.2) is 9.59 Å². The maximum absolute atomic E-state index is 12.4. The van der Waals surface area contributed by atoms with Crippen molar-refractivity contribution in [2.24, 2.45) is 7.05 Å². The van der Waals surface area contributed by atoms with Gasteiger partial charge in [-0.05, 0) is 36.8 Å². The number of carbonyl (C=O) groups excluding carboxylic acids is 2. The van der Waals surface area contributed by atoms with Crippen LogP contribution in [-0.2, 0) is 23.1 Å². The Labute approximate surface area is 159 Å². The number of hydrogen-bond donors (Lipinski definition) is 0. The second kappa shape index (κ2) is 9.57. The van der Waals surface area contributed by atoms with E-state index in [1.54, 1.807) is 42.8 Å². The molecule has 0 spiro atoms. The smallest absolute Gasteiger partial charge is 0.355 e. The van der Waals surface area contributed by atoms with Crippen LogP contribution in [-0.4, -0.2) is 23.1 Å². The second-order valence-electron chi connectivity index (χ2n) is 5.64. The monoisotopic (exact) mass is 367 g/mol. The molecule has 1 heterocycles. The summed E-state index contributed by atoms with van der Waals surface area (Å²) >= 11 is 0. The minimum atomic E-state index is -0.403. The number of ether oxygens (including phenoxy) is 2. The van der Waals surface area contributed by atoms with Crippen molar-refractivity contribution in [3.63, 3.8) is 0 Å².